The van der Waals surface area contributed by atoms with Crippen molar-refractivity contribution in [3.05, 3.63) is 144 Å². The molecule has 1 aliphatic rings. The molecule has 0 saturated heterocycles. The average molecular weight is 550 g/mol. The second-order valence-electron chi connectivity index (χ2n) is 9.14. The van der Waals surface area contributed by atoms with Crippen LogP contribution in [-0.2, 0) is 8.41 Å². The molecule has 0 heterocycles. The summed E-state index contributed by atoms with van der Waals surface area (Å²) in [4.78, 5) is 0. The maximum absolute atomic E-state index is 3.13. The van der Waals surface area contributed by atoms with E-state index in [9.17, 15) is 0 Å². The second kappa shape index (κ2) is 9.70. The zero-order valence-electron chi connectivity index (χ0n) is 18.7. The summed E-state index contributed by atoms with van der Waals surface area (Å²) in [5.74, 6) is 0.983. The van der Waals surface area contributed by atoms with Crippen molar-refractivity contribution in [1.82, 2.24) is 0 Å². The minimum absolute atomic E-state index is 0.120. The first-order valence-electron chi connectivity index (χ1n) is 11.8. The van der Waals surface area contributed by atoms with E-state index in [-0.39, 0.29) is 8.41 Å². The van der Waals surface area contributed by atoms with Crippen molar-refractivity contribution in [1.29, 1.82) is 0 Å². The van der Waals surface area contributed by atoms with Gasteiger partial charge in [0.05, 0.1) is 0 Å². The molecule has 4 aromatic rings. The Bertz CT molecular complexity index is 983. The van der Waals surface area contributed by atoms with Crippen molar-refractivity contribution < 1.29 is 0 Å². The quantitative estimate of drug-likeness (QED) is 0.237. The first-order chi connectivity index (χ1) is 16.1. The van der Waals surface area contributed by atoms with Gasteiger partial charge in [0.1, 0.15) is 0 Å². The van der Waals surface area contributed by atoms with E-state index in [0.29, 0.717) is 11.8 Å². The Hall–Kier alpha value is -2.00. The molecule has 0 spiro atoms. The van der Waals surface area contributed by atoms with Gasteiger partial charge >= 0.3 is 217 Å². The Morgan fingerprint density at radius 2 is 0.667 bits per heavy atom. The molecule has 0 amide bonds. The molecular weight excluding hydrogens is 522 g/mol. The molecule has 0 nitrogen and oxygen atoms in total. The molecule has 1 saturated carbocycles. The van der Waals surface area contributed by atoms with Crippen LogP contribution in [0.25, 0.3) is 0 Å². The molecule has 162 valence electrons. The summed E-state index contributed by atoms with van der Waals surface area (Å²) in [6, 6.07) is 44.6. The van der Waals surface area contributed by atoms with Gasteiger partial charge in [-0.2, -0.15) is 0 Å². The molecule has 2 heteroatoms. The number of hydrogen-bond donors (Lipinski definition) is 0. The fourth-order valence-electron chi connectivity index (χ4n) is 5.92. The summed E-state index contributed by atoms with van der Waals surface area (Å²) < 4.78 is -0.239. The van der Waals surface area contributed by atoms with Gasteiger partial charge in [-0.3, -0.25) is 0 Å². The summed E-state index contributed by atoms with van der Waals surface area (Å²) >= 11 is 6.25. The SMILES string of the molecule is [As]C(c1ccccc1)(c1ccccc1)C1CCCC1C([As])(c1ccccc1)c1ccccc1. The van der Waals surface area contributed by atoms with Crippen LogP contribution in [0.15, 0.2) is 121 Å². The van der Waals surface area contributed by atoms with Crippen LogP contribution >= 0.6 is 0 Å². The summed E-state index contributed by atoms with van der Waals surface area (Å²) in [6.45, 7) is 0. The number of hydrogen-bond acceptors (Lipinski definition) is 0. The Morgan fingerprint density at radius 3 is 0.909 bits per heavy atom. The van der Waals surface area contributed by atoms with Crippen LogP contribution in [0.3, 0.4) is 0 Å². The van der Waals surface area contributed by atoms with Crippen molar-refractivity contribution in [2.75, 3.05) is 0 Å². The molecule has 0 aliphatic heterocycles. The Morgan fingerprint density at radius 1 is 0.424 bits per heavy atom. The normalized spacial score (nSPS) is 18.8. The van der Waals surface area contributed by atoms with E-state index in [1.54, 1.807) is 0 Å². The Balaban J connectivity index is 1.70. The predicted octanol–water partition coefficient (Wildman–Crippen LogP) is 6.63. The summed E-state index contributed by atoms with van der Waals surface area (Å²) in [7, 11) is 0. The van der Waals surface area contributed by atoms with E-state index < -0.39 is 0 Å². The van der Waals surface area contributed by atoms with Crippen LogP contribution in [0.5, 0.6) is 0 Å². The predicted molar refractivity (Wildman–Crippen MR) is 140 cm³/mol. The molecule has 2 unspecified atom stereocenters. The summed E-state index contributed by atoms with van der Waals surface area (Å²) in [5.41, 5.74) is 5.57. The van der Waals surface area contributed by atoms with Gasteiger partial charge in [0.2, 0.25) is 0 Å². The average Bonchev–Trinajstić information content (AvgIpc) is 3.41. The zero-order valence-corrected chi connectivity index (χ0v) is 22.5. The van der Waals surface area contributed by atoms with E-state index in [0.717, 1.165) is 0 Å². The topological polar surface area (TPSA) is 0 Å². The zero-order chi connectivity index (χ0) is 22.7. The number of benzene rings is 4. The molecule has 4 radical (unpaired) electrons. The molecule has 1 aliphatic carbocycles. The molecule has 0 bridgehead atoms. The monoisotopic (exact) mass is 550 g/mol. The first-order valence-corrected chi connectivity index (χ1v) is 13.7. The first kappa shape index (κ1) is 22.8. The van der Waals surface area contributed by atoms with Crippen LogP contribution in [0.1, 0.15) is 41.5 Å². The standard InChI is InChI=1S/C31H28As2/c32-30(24-14-5-1-6-15-24,25-16-7-2-8-17-25)28-22-13-23-29(28)31(33,26-18-9-3-10-19-26)27-20-11-4-12-21-27/h1-12,14-21,28-29H,13,22-23H2. The van der Waals surface area contributed by atoms with Gasteiger partial charge in [-0.25, -0.2) is 0 Å². The van der Waals surface area contributed by atoms with Crippen LogP contribution in [-0.4, -0.2) is 33.7 Å². The van der Waals surface area contributed by atoms with Crippen molar-refractivity contribution >= 4 is 33.7 Å². The third-order valence-electron chi connectivity index (χ3n) is 7.44. The summed E-state index contributed by atoms with van der Waals surface area (Å²) in [6.07, 6.45) is 3.71. The molecule has 4 aromatic carbocycles. The molecule has 2 atom stereocenters. The van der Waals surface area contributed by atoms with Crippen molar-refractivity contribution in [2.45, 2.75) is 27.7 Å². The van der Waals surface area contributed by atoms with E-state index in [4.69, 9.17) is 0 Å². The van der Waals surface area contributed by atoms with Gasteiger partial charge in [0.15, 0.2) is 0 Å². The van der Waals surface area contributed by atoms with Gasteiger partial charge in [0, 0.05) is 0 Å². The maximum atomic E-state index is 3.13. The molecule has 0 N–H and O–H groups in total. The molecule has 0 aromatic heterocycles. The van der Waals surface area contributed by atoms with Crippen molar-refractivity contribution in [2.24, 2.45) is 11.8 Å². The molecule has 1 fully saturated rings. The third-order valence-corrected chi connectivity index (χ3v) is 11.0. The Labute approximate surface area is 215 Å². The van der Waals surface area contributed by atoms with E-state index in [2.05, 4.69) is 155 Å². The fourth-order valence-corrected chi connectivity index (χ4v) is 8.47. The van der Waals surface area contributed by atoms with Gasteiger partial charge in [-0.15, -0.1) is 0 Å². The van der Waals surface area contributed by atoms with Crippen LogP contribution in [0.4, 0.5) is 0 Å². The van der Waals surface area contributed by atoms with E-state index >= 15 is 0 Å². The van der Waals surface area contributed by atoms with Gasteiger partial charge in [0.25, 0.3) is 0 Å². The molecule has 33 heavy (non-hydrogen) atoms. The van der Waals surface area contributed by atoms with Gasteiger partial charge in [-0.05, 0) is 0 Å². The number of rotatable bonds is 6. The van der Waals surface area contributed by atoms with Crippen LogP contribution in [0, 0.1) is 11.8 Å². The summed E-state index contributed by atoms with van der Waals surface area (Å²) in [5, 5.41) is 0. The van der Waals surface area contributed by atoms with Gasteiger partial charge < -0.3 is 0 Å². The fraction of sp³-hybridized carbons (Fsp3) is 0.226. The Kier molecular flexibility index (Phi) is 6.69. The van der Waals surface area contributed by atoms with E-state index in [1.165, 1.54) is 41.5 Å². The molecule has 5 rings (SSSR count). The van der Waals surface area contributed by atoms with Crippen molar-refractivity contribution in [3.63, 3.8) is 0 Å². The molecular formula is C31H28As2. The van der Waals surface area contributed by atoms with Crippen LogP contribution in [0.2, 0.25) is 0 Å². The van der Waals surface area contributed by atoms with Crippen LogP contribution < -0.4 is 0 Å². The van der Waals surface area contributed by atoms with Crippen molar-refractivity contribution in [3.8, 4) is 0 Å². The second-order valence-corrected chi connectivity index (χ2v) is 12.1. The third kappa shape index (κ3) is 4.07. The minimum atomic E-state index is -0.120. The van der Waals surface area contributed by atoms with E-state index in [1.807, 2.05) is 0 Å². The van der Waals surface area contributed by atoms with Gasteiger partial charge in [-0.1, -0.05) is 0 Å².